The number of aromatic nitrogens is 1. The number of hydrogen-bond donors (Lipinski definition) is 1. The molecule has 0 aliphatic carbocycles. The maximum absolute atomic E-state index is 12.3. The van der Waals surface area contributed by atoms with E-state index in [-0.39, 0.29) is 15.7 Å². The predicted octanol–water partition coefficient (Wildman–Crippen LogP) is 2.24. The largest absolute Gasteiger partial charge is 0.397 e. The molecule has 0 aliphatic heterocycles. The van der Waals surface area contributed by atoms with Gasteiger partial charge in [-0.1, -0.05) is 0 Å². The molecule has 6 heteroatoms. The topological polar surface area (TPSA) is 62.7 Å². The Morgan fingerprint density at radius 3 is 2.69 bits per heavy atom. The molecule has 0 amide bonds. The minimum atomic E-state index is -2.77. The lowest BCUT2D eigenvalue weighted by Gasteiger charge is -2.04. The van der Waals surface area contributed by atoms with Gasteiger partial charge in [-0.2, -0.15) is 5.26 Å². The van der Waals surface area contributed by atoms with Gasteiger partial charge in [0.05, 0.1) is 21.9 Å². The maximum atomic E-state index is 12.3. The molecule has 0 aliphatic rings. The third-order valence-corrected chi connectivity index (χ3v) is 2.24. The summed E-state index contributed by atoms with van der Waals surface area (Å²) in [6.45, 7) is 0. The van der Waals surface area contributed by atoms with Crippen molar-refractivity contribution in [2.24, 2.45) is 0 Å². The molecule has 2 N–H and O–H groups in total. The summed E-state index contributed by atoms with van der Waals surface area (Å²) in [5, 5.41) is 8.56. The monoisotopic (exact) mass is 247 g/mol. The number of rotatable bonds is 1. The van der Waals surface area contributed by atoms with Gasteiger partial charge >= 0.3 is 0 Å². The number of nitrogens with two attached hydrogens (primary N) is 1. The zero-order valence-electron chi connectivity index (χ0n) is 6.26. The van der Waals surface area contributed by atoms with E-state index < -0.39 is 12.1 Å². The molecule has 68 valence electrons. The maximum Gasteiger partial charge on any atom is 0.281 e. The van der Waals surface area contributed by atoms with Crippen LogP contribution in [-0.2, 0) is 0 Å². The van der Waals surface area contributed by atoms with Crippen LogP contribution in [0.5, 0.6) is 0 Å². The Hall–Kier alpha value is -1.22. The second-order valence-corrected chi connectivity index (χ2v) is 2.99. The Morgan fingerprint density at radius 2 is 2.23 bits per heavy atom. The Morgan fingerprint density at radius 1 is 1.62 bits per heavy atom. The molecular formula is C7H4BrF2N3. The highest BCUT2D eigenvalue weighted by atomic mass is 79.9. The fraction of sp³-hybridized carbons (Fsp3) is 0.143. The molecule has 3 nitrogen and oxygen atoms in total. The van der Waals surface area contributed by atoms with Crippen LogP contribution in [0.15, 0.2) is 10.7 Å². The van der Waals surface area contributed by atoms with Crippen molar-refractivity contribution in [3.05, 3.63) is 21.9 Å². The van der Waals surface area contributed by atoms with Gasteiger partial charge < -0.3 is 5.73 Å². The van der Waals surface area contributed by atoms with Gasteiger partial charge in [-0.15, -0.1) is 0 Å². The average molecular weight is 248 g/mol. The van der Waals surface area contributed by atoms with E-state index in [1.54, 1.807) is 6.07 Å². The number of alkyl halides is 2. The minimum absolute atomic E-state index is 0.167. The SMILES string of the molecule is N#Cc1c(C(F)F)ncc(N)c1Br. The normalized spacial score (nSPS) is 10.1. The van der Waals surface area contributed by atoms with Gasteiger partial charge in [-0.25, -0.2) is 8.78 Å². The van der Waals surface area contributed by atoms with Crippen molar-refractivity contribution in [3.8, 4) is 6.07 Å². The molecule has 1 aromatic rings. The van der Waals surface area contributed by atoms with E-state index in [9.17, 15) is 8.78 Å². The van der Waals surface area contributed by atoms with E-state index >= 15 is 0 Å². The van der Waals surface area contributed by atoms with Crippen molar-refractivity contribution in [3.63, 3.8) is 0 Å². The Balaban J connectivity index is 3.41. The smallest absolute Gasteiger partial charge is 0.281 e. The van der Waals surface area contributed by atoms with Crippen LogP contribution >= 0.6 is 15.9 Å². The van der Waals surface area contributed by atoms with Crippen LogP contribution < -0.4 is 5.73 Å². The van der Waals surface area contributed by atoms with Crippen LogP contribution in [0.1, 0.15) is 17.7 Å². The summed E-state index contributed by atoms with van der Waals surface area (Å²) in [4.78, 5) is 3.38. The third kappa shape index (κ3) is 1.75. The molecule has 0 saturated carbocycles. The van der Waals surface area contributed by atoms with Crippen LogP contribution in [-0.4, -0.2) is 4.98 Å². The number of halogens is 3. The highest BCUT2D eigenvalue weighted by Crippen LogP contribution is 2.29. The molecule has 0 bridgehead atoms. The zero-order chi connectivity index (χ0) is 10.0. The average Bonchev–Trinajstić information content (AvgIpc) is 2.09. The Bertz CT molecular complexity index is 373. The lowest BCUT2D eigenvalue weighted by atomic mass is 10.2. The van der Waals surface area contributed by atoms with Gasteiger partial charge in [-0.05, 0) is 15.9 Å². The summed E-state index contributed by atoms with van der Waals surface area (Å²) < 4.78 is 24.7. The minimum Gasteiger partial charge on any atom is -0.397 e. The molecule has 1 heterocycles. The number of anilines is 1. The number of hydrogen-bond acceptors (Lipinski definition) is 3. The lowest BCUT2D eigenvalue weighted by Crippen LogP contribution is -1.99. The van der Waals surface area contributed by atoms with E-state index in [1.165, 1.54) is 0 Å². The van der Waals surface area contributed by atoms with Crippen molar-refractivity contribution in [1.82, 2.24) is 4.98 Å². The fourth-order valence-corrected chi connectivity index (χ4v) is 1.18. The van der Waals surface area contributed by atoms with E-state index in [0.717, 1.165) is 6.20 Å². The quantitative estimate of drug-likeness (QED) is 0.828. The van der Waals surface area contributed by atoms with Crippen LogP contribution in [0.4, 0.5) is 14.5 Å². The first-order valence-corrected chi connectivity index (χ1v) is 3.99. The summed E-state index contributed by atoms with van der Waals surface area (Å²) in [5.41, 5.74) is 4.76. The van der Waals surface area contributed by atoms with E-state index in [4.69, 9.17) is 11.0 Å². The van der Waals surface area contributed by atoms with Crippen molar-refractivity contribution in [2.75, 3.05) is 5.73 Å². The summed E-state index contributed by atoms with van der Waals surface area (Å²) in [5.74, 6) is 0. The molecule has 0 fully saturated rings. The van der Waals surface area contributed by atoms with Crippen LogP contribution in [0.25, 0.3) is 0 Å². The molecule has 0 atom stereocenters. The third-order valence-electron chi connectivity index (χ3n) is 1.39. The number of nitrogen functional groups attached to an aromatic ring is 1. The van der Waals surface area contributed by atoms with E-state index in [0.29, 0.717) is 0 Å². The summed E-state index contributed by atoms with van der Waals surface area (Å²) in [7, 11) is 0. The van der Waals surface area contributed by atoms with Crippen molar-refractivity contribution < 1.29 is 8.78 Å². The summed E-state index contributed by atoms with van der Waals surface area (Å²) >= 11 is 2.94. The van der Waals surface area contributed by atoms with Gasteiger partial charge in [-0.3, -0.25) is 4.98 Å². The number of nitriles is 1. The first-order valence-electron chi connectivity index (χ1n) is 3.20. The second-order valence-electron chi connectivity index (χ2n) is 2.20. The van der Waals surface area contributed by atoms with Gasteiger partial charge in [0.15, 0.2) is 0 Å². The first kappa shape index (κ1) is 9.86. The van der Waals surface area contributed by atoms with Gasteiger partial charge in [0.1, 0.15) is 11.8 Å². The second kappa shape index (κ2) is 3.66. The van der Waals surface area contributed by atoms with Crippen molar-refractivity contribution in [2.45, 2.75) is 6.43 Å². The number of pyridine rings is 1. The Labute approximate surface area is 81.3 Å². The number of nitrogens with zero attached hydrogens (tertiary/aromatic N) is 2. The lowest BCUT2D eigenvalue weighted by molar-refractivity contribution is 0.145. The summed E-state index contributed by atoms with van der Waals surface area (Å²) in [6, 6.07) is 1.62. The van der Waals surface area contributed by atoms with E-state index in [1.807, 2.05) is 0 Å². The highest BCUT2D eigenvalue weighted by Gasteiger charge is 2.18. The molecule has 0 saturated heterocycles. The highest BCUT2D eigenvalue weighted by molar-refractivity contribution is 9.10. The first-order chi connectivity index (χ1) is 6.07. The zero-order valence-corrected chi connectivity index (χ0v) is 7.85. The summed E-state index contributed by atoms with van der Waals surface area (Å²) in [6.07, 6.45) is -1.68. The predicted molar refractivity (Wildman–Crippen MR) is 46.0 cm³/mol. The molecular weight excluding hydrogens is 244 g/mol. The van der Waals surface area contributed by atoms with Gasteiger partial charge in [0.25, 0.3) is 6.43 Å². The molecule has 1 aromatic heterocycles. The van der Waals surface area contributed by atoms with Crippen LogP contribution in [0.2, 0.25) is 0 Å². The standard InChI is InChI=1S/C7H4BrF2N3/c8-5-3(1-11)6(7(9)10)13-2-4(5)12/h2,7H,12H2. The molecule has 0 aromatic carbocycles. The molecule has 1 rings (SSSR count). The van der Waals surface area contributed by atoms with Crippen molar-refractivity contribution >= 4 is 21.6 Å². The Kier molecular flexibility index (Phi) is 2.78. The van der Waals surface area contributed by atoms with Crippen molar-refractivity contribution in [1.29, 1.82) is 5.26 Å². The molecule has 13 heavy (non-hydrogen) atoms. The van der Waals surface area contributed by atoms with Gasteiger partial charge in [0.2, 0.25) is 0 Å². The molecule has 0 unspecified atom stereocenters. The van der Waals surface area contributed by atoms with Gasteiger partial charge in [0, 0.05) is 0 Å². The molecule has 0 spiro atoms. The van der Waals surface area contributed by atoms with Crippen LogP contribution in [0.3, 0.4) is 0 Å². The molecule has 0 radical (unpaired) electrons. The van der Waals surface area contributed by atoms with Crippen LogP contribution in [0, 0.1) is 11.3 Å². The van der Waals surface area contributed by atoms with E-state index in [2.05, 4.69) is 20.9 Å². The fourth-order valence-electron chi connectivity index (χ4n) is 0.789.